The Morgan fingerprint density at radius 1 is 0.966 bits per heavy atom. The SMILES string of the molecule is CCNC(=O)c1ccc(CNC(=O)c2cnc3ccccc3c2C(F)(F)F)cc1. The van der Waals surface area contributed by atoms with Crippen molar-refractivity contribution in [3.63, 3.8) is 0 Å². The van der Waals surface area contributed by atoms with Gasteiger partial charge in [-0.1, -0.05) is 30.3 Å². The summed E-state index contributed by atoms with van der Waals surface area (Å²) in [6.45, 7) is 2.31. The fourth-order valence-electron chi connectivity index (χ4n) is 2.93. The van der Waals surface area contributed by atoms with Crippen molar-refractivity contribution in [1.82, 2.24) is 15.6 Å². The number of fused-ring (bicyclic) bond motifs is 1. The van der Waals surface area contributed by atoms with Gasteiger partial charge in [-0.05, 0) is 30.7 Å². The summed E-state index contributed by atoms with van der Waals surface area (Å²) in [6, 6.07) is 12.3. The summed E-state index contributed by atoms with van der Waals surface area (Å²) in [7, 11) is 0. The van der Waals surface area contributed by atoms with E-state index < -0.39 is 23.2 Å². The molecular formula is C21H18F3N3O2. The van der Waals surface area contributed by atoms with Crippen LogP contribution in [0, 0.1) is 0 Å². The van der Waals surface area contributed by atoms with E-state index in [-0.39, 0.29) is 23.4 Å². The molecule has 0 aliphatic carbocycles. The predicted octanol–water partition coefficient (Wildman–Crippen LogP) is 3.93. The van der Waals surface area contributed by atoms with Crippen LogP contribution in [0.15, 0.2) is 54.7 Å². The fourth-order valence-corrected chi connectivity index (χ4v) is 2.93. The number of carbonyl (C=O) groups is 2. The second-order valence-corrected chi connectivity index (χ2v) is 6.30. The summed E-state index contributed by atoms with van der Waals surface area (Å²) in [5.41, 5.74) is -0.270. The number of pyridine rings is 1. The molecule has 2 N–H and O–H groups in total. The monoisotopic (exact) mass is 401 g/mol. The molecule has 3 rings (SSSR count). The molecule has 1 heterocycles. The van der Waals surface area contributed by atoms with Gasteiger partial charge in [-0.2, -0.15) is 13.2 Å². The number of nitrogens with zero attached hydrogens (tertiary/aromatic N) is 1. The summed E-state index contributed by atoms with van der Waals surface area (Å²) in [6.07, 6.45) is -3.76. The number of halogens is 3. The van der Waals surface area contributed by atoms with Crippen molar-refractivity contribution >= 4 is 22.7 Å². The Morgan fingerprint density at radius 3 is 2.31 bits per heavy atom. The van der Waals surface area contributed by atoms with Gasteiger partial charge in [0, 0.05) is 30.2 Å². The van der Waals surface area contributed by atoms with Crippen molar-refractivity contribution in [2.45, 2.75) is 19.6 Å². The second-order valence-electron chi connectivity index (χ2n) is 6.30. The van der Waals surface area contributed by atoms with E-state index in [1.54, 1.807) is 37.3 Å². The minimum absolute atomic E-state index is 0.0125. The number of amides is 2. The highest BCUT2D eigenvalue weighted by molar-refractivity contribution is 6.00. The van der Waals surface area contributed by atoms with Gasteiger partial charge in [0.2, 0.25) is 0 Å². The number of rotatable bonds is 5. The topological polar surface area (TPSA) is 71.1 Å². The minimum atomic E-state index is -4.70. The van der Waals surface area contributed by atoms with Crippen LogP contribution in [0.2, 0.25) is 0 Å². The first kappa shape index (κ1) is 20.3. The van der Waals surface area contributed by atoms with Crippen molar-refractivity contribution in [2.24, 2.45) is 0 Å². The Morgan fingerprint density at radius 2 is 1.66 bits per heavy atom. The standard InChI is InChI=1S/C21H18F3N3O2/c1-2-25-19(28)14-9-7-13(8-10-14)11-27-20(29)16-12-26-17-6-4-3-5-15(17)18(16)21(22,23)24/h3-10,12H,2,11H2,1H3,(H,25,28)(H,27,29). The lowest BCUT2D eigenvalue weighted by atomic mass is 10.0. The van der Waals surface area contributed by atoms with Gasteiger partial charge in [0.25, 0.3) is 11.8 Å². The van der Waals surface area contributed by atoms with Gasteiger partial charge in [-0.15, -0.1) is 0 Å². The number of aromatic nitrogens is 1. The molecule has 2 aromatic carbocycles. The van der Waals surface area contributed by atoms with E-state index in [9.17, 15) is 22.8 Å². The van der Waals surface area contributed by atoms with Gasteiger partial charge in [-0.3, -0.25) is 14.6 Å². The quantitative estimate of drug-likeness (QED) is 0.681. The van der Waals surface area contributed by atoms with Crippen molar-refractivity contribution in [1.29, 1.82) is 0 Å². The van der Waals surface area contributed by atoms with Crippen LogP contribution in [-0.4, -0.2) is 23.3 Å². The average molecular weight is 401 g/mol. The number of hydrogen-bond acceptors (Lipinski definition) is 3. The highest BCUT2D eigenvalue weighted by Crippen LogP contribution is 2.36. The van der Waals surface area contributed by atoms with Crippen molar-refractivity contribution in [2.75, 3.05) is 6.54 Å². The molecule has 5 nitrogen and oxygen atoms in total. The maximum absolute atomic E-state index is 13.6. The van der Waals surface area contributed by atoms with Crippen LogP contribution < -0.4 is 10.6 Å². The molecule has 0 fully saturated rings. The molecule has 0 saturated heterocycles. The third kappa shape index (κ3) is 4.53. The van der Waals surface area contributed by atoms with Gasteiger partial charge in [0.15, 0.2) is 0 Å². The highest BCUT2D eigenvalue weighted by Gasteiger charge is 2.37. The molecule has 150 valence electrons. The molecule has 0 saturated carbocycles. The number of carbonyl (C=O) groups excluding carboxylic acids is 2. The molecule has 2 amide bonds. The van der Waals surface area contributed by atoms with Gasteiger partial charge >= 0.3 is 6.18 Å². The van der Waals surface area contributed by atoms with Crippen LogP contribution in [0.5, 0.6) is 0 Å². The third-order valence-electron chi connectivity index (χ3n) is 4.31. The third-order valence-corrected chi connectivity index (χ3v) is 4.31. The molecule has 29 heavy (non-hydrogen) atoms. The normalized spacial score (nSPS) is 11.3. The van der Waals surface area contributed by atoms with Crippen LogP contribution in [0.25, 0.3) is 10.9 Å². The zero-order chi connectivity index (χ0) is 21.0. The van der Waals surface area contributed by atoms with Crippen LogP contribution in [0.3, 0.4) is 0 Å². The van der Waals surface area contributed by atoms with E-state index in [4.69, 9.17) is 0 Å². The van der Waals surface area contributed by atoms with Crippen molar-refractivity contribution in [3.05, 3.63) is 77.0 Å². The first-order valence-corrected chi connectivity index (χ1v) is 8.91. The zero-order valence-electron chi connectivity index (χ0n) is 15.5. The second kappa shape index (κ2) is 8.30. The molecule has 0 bridgehead atoms. The van der Waals surface area contributed by atoms with Crippen molar-refractivity contribution < 1.29 is 22.8 Å². The van der Waals surface area contributed by atoms with Gasteiger partial charge in [0.05, 0.1) is 16.6 Å². The molecule has 0 unspecified atom stereocenters. The molecule has 0 spiro atoms. The lowest BCUT2D eigenvalue weighted by Crippen LogP contribution is -2.26. The van der Waals surface area contributed by atoms with Crippen LogP contribution in [0.4, 0.5) is 13.2 Å². The van der Waals surface area contributed by atoms with E-state index in [1.807, 2.05) is 0 Å². The van der Waals surface area contributed by atoms with Crippen LogP contribution in [0.1, 0.15) is 38.8 Å². The van der Waals surface area contributed by atoms with E-state index in [0.717, 1.165) is 6.20 Å². The van der Waals surface area contributed by atoms with Crippen LogP contribution in [-0.2, 0) is 12.7 Å². The van der Waals surface area contributed by atoms with Crippen LogP contribution >= 0.6 is 0 Å². The van der Waals surface area contributed by atoms with Crippen molar-refractivity contribution in [3.8, 4) is 0 Å². The Hall–Kier alpha value is -3.42. The number of hydrogen-bond donors (Lipinski definition) is 2. The number of nitrogens with one attached hydrogen (secondary N) is 2. The van der Waals surface area contributed by atoms with Gasteiger partial charge < -0.3 is 10.6 Å². The fraction of sp³-hybridized carbons (Fsp3) is 0.190. The molecule has 0 aliphatic heterocycles. The Bertz CT molecular complexity index is 1050. The summed E-state index contributed by atoms with van der Waals surface area (Å²) < 4.78 is 40.9. The summed E-state index contributed by atoms with van der Waals surface area (Å²) >= 11 is 0. The van der Waals surface area contributed by atoms with E-state index in [1.165, 1.54) is 18.2 Å². The Labute approximate surface area is 164 Å². The van der Waals surface area contributed by atoms with Gasteiger partial charge in [-0.25, -0.2) is 0 Å². The molecule has 0 aliphatic rings. The van der Waals surface area contributed by atoms with E-state index in [0.29, 0.717) is 17.7 Å². The zero-order valence-corrected chi connectivity index (χ0v) is 15.5. The molecule has 8 heteroatoms. The smallest absolute Gasteiger partial charge is 0.352 e. The van der Waals surface area contributed by atoms with E-state index in [2.05, 4.69) is 15.6 Å². The Balaban J connectivity index is 1.81. The van der Waals surface area contributed by atoms with Gasteiger partial charge in [0.1, 0.15) is 0 Å². The molecule has 0 atom stereocenters. The maximum Gasteiger partial charge on any atom is 0.417 e. The number of para-hydroxylation sites is 1. The molecule has 3 aromatic rings. The first-order chi connectivity index (χ1) is 13.8. The number of benzene rings is 2. The lowest BCUT2D eigenvalue weighted by molar-refractivity contribution is -0.136. The predicted molar refractivity (Wildman–Crippen MR) is 102 cm³/mol. The largest absolute Gasteiger partial charge is 0.417 e. The van der Waals surface area contributed by atoms with E-state index >= 15 is 0 Å². The summed E-state index contributed by atoms with van der Waals surface area (Å²) in [5.74, 6) is -1.09. The highest BCUT2D eigenvalue weighted by atomic mass is 19.4. The summed E-state index contributed by atoms with van der Waals surface area (Å²) in [5, 5.41) is 5.03. The summed E-state index contributed by atoms with van der Waals surface area (Å²) in [4.78, 5) is 28.2. The maximum atomic E-state index is 13.6. The first-order valence-electron chi connectivity index (χ1n) is 8.91. The minimum Gasteiger partial charge on any atom is -0.352 e. The average Bonchev–Trinajstić information content (AvgIpc) is 2.71. The molecule has 0 radical (unpaired) electrons. The number of alkyl halides is 3. The lowest BCUT2D eigenvalue weighted by Gasteiger charge is -2.15. The Kier molecular flexibility index (Phi) is 5.81. The molecule has 1 aromatic heterocycles. The molecular weight excluding hydrogens is 383 g/mol.